The number of nitrogens with two attached hydrogens (primary N) is 1. The number of aliphatic hydroxyl groups is 1. The van der Waals surface area contributed by atoms with Gasteiger partial charge >= 0.3 is 18.3 Å². The minimum atomic E-state index is -4.89. The first kappa shape index (κ1) is 46.1. The van der Waals surface area contributed by atoms with E-state index in [1.807, 2.05) is 6.92 Å². The Morgan fingerprint density at radius 3 is 1.37 bits per heavy atom. The fourth-order valence-electron chi connectivity index (χ4n) is 1.33. The highest BCUT2D eigenvalue weighted by Gasteiger charge is 2.52. The van der Waals surface area contributed by atoms with Crippen LogP contribution in [0.25, 0.3) is 0 Å². The molecule has 0 bridgehead atoms. The second-order valence-electron chi connectivity index (χ2n) is 7.61. The number of allylic oxidation sites excluding steroid dienone is 1. The Labute approximate surface area is 225 Å². The van der Waals surface area contributed by atoms with E-state index in [-0.39, 0.29) is 19.4 Å². The molecule has 2 unspecified atom stereocenters. The number of esters is 1. The quantitative estimate of drug-likeness (QED) is 0.0895. The third-order valence-corrected chi connectivity index (χ3v) is 4.00. The lowest BCUT2D eigenvalue weighted by Crippen LogP contribution is -2.37. The molecular formula is C24H42ClF8NO4. The highest BCUT2D eigenvalue weighted by atomic mass is 35.5. The van der Waals surface area contributed by atoms with Gasteiger partial charge in [0.15, 0.2) is 0 Å². The van der Waals surface area contributed by atoms with Gasteiger partial charge in [-0.3, -0.25) is 4.79 Å². The number of rotatable bonds is 10. The molecule has 0 aliphatic carbocycles. The highest BCUT2D eigenvalue weighted by Crippen LogP contribution is 2.37. The van der Waals surface area contributed by atoms with Crippen LogP contribution in [0.2, 0.25) is 0 Å². The maximum Gasteiger partial charge on any atom is 0.422 e. The number of carbonyl (C=O) groups excluding carboxylic acids is 2. The van der Waals surface area contributed by atoms with Gasteiger partial charge in [0.1, 0.15) is 0 Å². The standard InChI is InChI=1S/C9H12F4O2.C6H10F4O.C4H10.C3H3ClO.C2H7N/c1-3-7(14)15-6-4-5-8(2,10)9(11,12)13;1-5(7,3-2-4-11)6(8,9)10;1-3-4-2;1-2-3(4)5;1-2-3/h3H,1,4-6H2,2H3;11H,2-4H2,1H3;3-4H2,1-2H3;2H,1H2;2-3H2,1H3. The predicted octanol–water partition coefficient (Wildman–Crippen LogP) is 7.54. The Morgan fingerprint density at radius 2 is 1.16 bits per heavy atom. The Morgan fingerprint density at radius 1 is 0.842 bits per heavy atom. The summed E-state index contributed by atoms with van der Waals surface area (Å²) >= 11 is 4.71. The van der Waals surface area contributed by atoms with Crippen LogP contribution in [0, 0.1) is 0 Å². The van der Waals surface area contributed by atoms with E-state index in [4.69, 9.17) is 22.4 Å². The summed E-state index contributed by atoms with van der Waals surface area (Å²) in [5.74, 6) is -0.734. The van der Waals surface area contributed by atoms with Gasteiger partial charge in [-0.15, -0.1) is 0 Å². The lowest BCUT2D eigenvalue weighted by molar-refractivity contribution is -0.226. The zero-order chi connectivity index (χ0) is 31.6. The number of aliphatic hydroxyl groups excluding tert-OH is 1. The van der Waals surface area contributed by atoms with Crippen LogP contribution in [0.3, 0.4) is 0 Å². The van der Waals surface area contributed by atoms with E-state index in [0.717, 1.165) is 18.7 Å². The average molecular weight is 596 g/mol. The molecule has 2 atom stereocenters. The van der Waals surface area contributed by atoms with Crippen LogP contribution in [0.1, 0.15) is 73.1 Å². The molecule has 0 aromatic carbocycles. The first-order valence-electron chi connectivity index (χ1n) is 11.5. The molecule has 3 N–H and O–H groups in total. The van der Waals surface area contributed by atoms with Gasteiger partial charge in [0.25, 0.3) is 0 Å². The molecule has 0 rings (SSSR count). The van der Waals surface area contributed by atoms with Crippen molar-refractivity contribution in [1.29, 1.82) is 0 Å². The van der Waals surface area contributed by atoms with E-state index < -0.39 is 54.4 Å². The number of ether oxygens (including phenoxy) is 1. The minimum absolute atomic E-state index is 0.174. The van der Waals surface area contributed by atoms with E-state index in [2.05, 4.69) is 31.7 Å². The summed E-state index contributed by atoms with van der Waals surface area (Å²) in [5, 5.41) is 7.65. The molecule has 0 saturated carbocycles. The van der Waals surface area contributed by atoms with Gasteiger partial charge in [-0.05, 0) is 63.8 Å². The molecule has 0 amide bonds. The summed E-state index contributed by atoms with van der Waals surface area (Å²) in [4.78, 5) is 19.9. The Hall–Kier alpha value is -1.73. The van der Waals surface area contributed by atoms with Crippen molar-refractivity contribution >= 4 is 22.8 Å². The fourth-order valence-corrected chi connectivity index (χ4v) is 1.33. The number of hydrogen-bond acceptors (Lipinski definition) is 5. The van der Waals surface area contributed by atoms with E-state index in [9.17, 15) is 44.7 Å². The third-order valence-electron chi connectivity index (χ3n) is 3.85. The first-order valence-corrected chi connectivity index (χ1v) is 11.9. The summed E-state index contributed by atoms with van der Waals surface area (Å²) in [6, 6.07) is 0. The summed E-state index contributed by atoms with van der Waals surface area (Å²) in [5.41, 5.74) is -1.57. The monoisotopic (exact) mass is 595 g/mol. The van der Waals surface area contributed by atoms with Crippen LogP contribution in [-0.2, 0) is 14.3 Å². The molecule has 0 aliphatic rings. The zero-order valence-corrected chi connectivity index (χ0v) is 23.3. The van der Waals surface area contributed by atoms with Gasteiger partial charge in [-0.2, -0.15) is 26.3 Å². The van der Waals surface area contributed by atoms with Crippen LogP contribution < -0.4 is 5.73 Å². The molecule has 0 aromatic heterocycles. The van der Waals surface area contributed by atoms with Gasteiger partial charge in [0, 0.05) is 12.7 Å². The van der Waals surface area contributed by atoms with Crippen LogP contribution >= 0.6 is 11.6 Å². The van der Waals surface area contributed by atoms with Crippen molar-refractivity contribution in [3.8, 4) is 0 Å². The summed E-state index contributed by atoms with van der Waals surface area (Å²) in [7, 11) is 0. The number of carbonyl (C=O) groups is 2. The Bertz CT molecular complexity index is 609. The van der Waals surface area contributed by atoms with Crippen LogP contribution in [0.15, 0.2) is 25.3 Å². The molecular weight excluding hydrogens is 554 g/mol. The largest absolute Gasteiger partial charge is 0.463 e. The lowest BCUT2D eigenvalue weighted by Gasteiger charge is -2.23. The highest BCUT2D eigenvalue weighted by molar-refractivity contribution is 6.66. The van der Waals surface area contributed by atoms with E-state index in [0.29, 0.717) is 13.8 Å². The zero-order valence-electron chi connectivity index (χ0n) is 22.6. The van der Waals surface area contributed by atoms with E-state index in [1.54, 1.807) is 0 Å². The van der Waals surface area contributed by atoms with E-state index in [1.165, 1.54) is 12.8 Å². The number of alkyl halides is 8. The molecule has 230 valence electrons. The second kappa shape index (κ2) is 25.5. The number of unbranched alkanes of at least 4 members (excludes halogenated alkanes) is 1. The maximum atomic E-state index is 12.9. The number of halogens is 9. The Kier molecular flexibility index (Phi) is 31.0. The lowest BCUT2D eigenvalue weighted by atomic mass is 10.0. The fraction of sp³-hybridized carbons (Fsp3) is 0.750. The van der Waals surface area contributed by atoms with Gasteiger partial charge < -0.3 is 15.6 Å². The van der Waals surface area contributed by atoms with Crippen molar-refractivity contribution in [1.82, 2.24) is 0 Å². The molecule has 38 heavy (non-hydrogen) atoms. The van der Waals surface area contributed by atoms with Crippen molar-refractivity contribution in [2.45, 2.75) is 96.8 Å². The SMILES string of the molecule is C=CC(=O)Cl.C=CC(=O)OCCCC(C)(F)C(F)(F)F.CC(F)(CCCO)C(F)(F)F.CCCC.CCN. The normalized spacial score (nSPS) is 13.5. The predicted molar refractivity (Wildman–Crippen MR) is 134 cm³/mol. The molecule has 0 heterocycles. The minimum Gasteiger partial charge on any atom is -0.463 e. The van der Waals surface area contributed by atoms with Crippen LogP contribution in [0.5, 0.6) is 0 Å². The van der Waals surface area contributed by atoms with Crippen LogP contribution in [-0.4, -0.2) is 59.8 Å². The molecule has 0 spiro atoms. The first-order chi connectivity index (χ1) is 17.1. The molecule has 0 aromatic rings. The van der Waals surface area contributed by atoms with E-state index >= 15 is 0 Å². The number of hydrogen-bond donors (Lipinski definition) is 2. The third kappa shape index (κ3) is 32.3. The van der Waals surface area contributed by atoms with Crippen molar-refractivity contribution < 1.29 is 54.6 Å². The topological polar surface area (TPSA) is 89.6 Å². The van der Waals surface area contributed by atoms with Crippen molar-refractivity contribution in [3.05, 3.63) is 25.3 Å². The molecule has 0 fully saturated rings. The van der Waals surface area contributed by atoms with Crippen molar-refractivity contribution in [3.63, 3.8) is 0 Å². The van der Waals surface area contributed by atoms with Gasteiger partial charge in [-0.25, -0.2) is 13.6 Å². The maximum absolute atomic E-state index is 12.9. The average Bonchev–Trinajstić information content (AvgIpc) is 2.80. The van der Waals surface area contributed by atoms with Gasteiger partial charge in [-0.1, -0.05) is 46.8 Å². The van der Waals surface area contributed by atoms with Gasteiger partial charge in [0.05, 0.1) is 6.61 Å². The molecule has 5 nitrogen and oxygen atoms in total. The van der Waals surface area contributed by atoms with Crippen molar-refractivity contribution in [2.75, 3.05) is 19.8 Å². The molecule has 14 heteroatoms. The summed E-state index contributed by atoms with van der Waals surface area (Å²) in [6.45, 7) is 13.5. The van der Waals surface area contributed by atoms with Crippen molar-refractivity contribution in [2.24, 2.45) is 5.73 Å². The molecule has 0 saturated heterocycles. The molecule has 0 aliphatic heterocycles. The summed E-state index contributed by atoms with van der Waals surface area (Å²) in [6.07, 6.45) is -6.94. The smallest absolute Gasteiger partial charge is 0.422 e. The summed E-state index contributed by atoms with van der Waals surface area (Å²) < 4.78 is 101. The Balaban J connectivity index is -0.000000137. The van der Waals surface area contributed by atoms with Crippen LogP contribution in [0.4, 0.5) is 35.1 Å². The second-order valence-corrected chi connectivity index (χ2v) is 7.98. The molecule has 0 radical (unpaired) electrons. The van der Waals surface area contributed by atoms with Gasteiger partial charge in [0.2, 0.25) is 16.6 Å².